The molecule has 0 fully saturated rings. The van der Waals surface area contributed by atoms with Crippen molar-refractivity contribution in [2.75, 3.05) is 5.32 Å². The molecule has 12 heteroatoms. The molecule has 5 atom stereocenters. The van der Waals surface area contributed by atoms with Crippen LogP contribution in [0, 0.1) is 17.8 Å². The van der Waals surface area contributed by atoms with Crippen LogP contribution in [0.2, 0.25) is 0 Å². The molecule has 0 saturated heterocycles. The number of nitrogens with one attached hydrogen (secondary N) is 2. The number of amides is 1. The summed E-state index contributed by atoms with van der Waals surface area (Å²) in [6.45, 7) is 7.67. The first-order valence-corrected chi connectivity index (χ1v) is 15.8. The summed E-state index contributed by atoms with van der Waals surface area (Å²) >= 11 is 0. The Morgan fingerprint density at radius 2 is 1.94 bits per heavy atom. The van der Waals surface area contributed by atoms with Gasteiger partial charge in [0, 0.05) is 23.6 Å². The maximum atomic E-state index is 14.0. The molecule has 0 radical (unpaired) electrons. The summed E-state index contributed by atoms with van der Waals surface area (Å²) in [6.07, 6.45) is -0.275. The number of benzene rings is 2. The average molecular weight is 641 g/mol. The predicted octanol–water partition coefficient (Wildman–Crippen LogP) is 4.44. The second-order valence-corrected chi connectivity index (χ2v) is 13.1. The van der Waals surface area contributed by atoms with Gasteiger partial charge in [-0.15, -0.1) is 0 Å². The summed E-state index contributed by atoms with van der Waals surface area (Å²) in [7, 11) is 0. The molecular formula is C35H36N4O8. The minimum atomic E-state index is -1.18. The van der Waals surface area contributed by atoms with Crippen LogP contribution in [0.15, 0.2) is 57.6 Å². The molecular weight excluding hydrogens is 604 g/mol. The van der Waals surface area contributed by atoms with Gasteiger partial charge in [-0.2, -0.15) is 0 Å². The van der Waals surface area contributed by atoms with Gasteiger partial charge in [-0.05, 0) is 41.5 Å². The van der Waals surface area contributed by atoms with Gasteiger partial charge in [-0.1, -0.05) is 58.0 Å². The second kappa shape index (κ2) is 11.7. The summed E-state index contributed by atoms with van der Waals surface area (Å²) in [5, 5.41) is 17.2. The number of aromatic nitrogens is 2. The molecule has 3 N–H and O–H groups in total. The predicted molar refractivity (Wildman–Crippen MR) is 167 cm³/mol. The van der Waals surface area contributed by atoms with Gasteiger partial charge < -0.3 is 34.0 Å². The van der Waals surface area contributed by atoms with Gasteiger partial charge in [-0.25, -0.2) is 9.97 Å². The lowest BCUT2D eigenvalue weighted by Gasteiger charge is -2.28. The number of aliphatic hydroxyl groups is 1. The molecule has 5 heterocycles. The molecule has 1 amide bonds. The molecule has 244 valence electrons. The van der Waals surface area contributed by atoms with E-state index in [1.54, 1.807) is 13.8 Å². The standard InChI is InChI=1S/C35H36N4O8/c1-17(2)27-33-39-28(32-36-21(15-45-32)14-44-16-40)30(47-33)35-22-7-5-6-8-24(22)37-34(35)46-26-10-9-19(12-23(26)35)11-20(31(43)38-27)13-25(41)29(42)18(3)4/h5-10,12,15-18,20,27,29,34,37,42H,11,13-14H2,1-4H3,(H,38,43)/t20-,27+,29+,34+,35?/m1/s1. The van der Waals surface area contributed by atoms with Crippen molar-refractivity contribution in [2.45, 2.75) is 70.9 Å². The first-order valence-electron chi connectivity index (χ1n) is 15.8. The van der Waals surface area contributed by atoms with Gasteiger partial charge in [-0.3, -0.25) is 14.4 Å². The molecule has 1 unspecified atom stereocenters. The normalized spacial score (nSPS) is 23.1. The van der Waals surface area contributed by atoms with Gasteiger partial charge in [0.05, 0.1) is 0 Å². The third kappa shape index (κ3) is 4.98. The number of aliphatic hydroxyl groups excluding tert-OH is 1. The molecule has 12 nitrogen and oxygen atoms in total. The maximum Gasteiger partial charge on any atom is 0.293 e. The fourth-order valence-corrected chi connectivity index (χ4v) is 6.90. The van der Waals surface area contributed by atoms with E-state index in [0.29, 0.717) is 29.4 Å². The zero-order valence-corrected chi connectivity index (χ0v) is 26.5. The van der Waals surface area contributed by atoms with Crippen LogP contribution in [0.1, 0.15) is 74.2 Å². The number of rotatable bonds is 9. The number of oxazole rings is 2. The molecule has 0 aliphatic carbocycles. The number of Topliss-reactive ketones (excluding diaryl/α,β-unsaturated/α-hetero) is 1. The van der Waals surface area contributed by atoms with E-state index in [1.807, 2.05) is 56.3 Å². The number of hydrogen-bond donors (Lipinski definition) is 3. The van der Waals surface area contributed by atoms with Crippen molar-refractivity contribution in [3.63, 3.8) is 0 Å². The molecule has 2 aromatic heterocycles. The van der Waals surface area contributed by atoms with Crippen molar-refractivity contribution >= 4 is 23.9 Å². The number of carbonyl (C=O) groups excluding carboxylic acids is 3. The quantitative estimate of drug-likeness (QED) is 0.221. The van der Waals surface area contributed by atoms with Crippen LogP contribution in [0.25, 0.3) is 11.6 Å². The van der Waals surface area contributed by atoms with E-state index in [9.17, 15) is 19.5 Å². The topological polar surface area (TPSA) is 166 Å². The second-order valence-electron chi connectivity index (χ2n) is 13.1. The van der Waals surface area contributed by atoms with Crippen LogP contribution >= 0.6 is 0 Å². The molecule has 3 aliphatic heterocycles. The highest BCUT2D eigenvalue weighted by Gasteiger charge is 2.61. The van der Waals surface area contributed by atoms with Gasteiger partial charge in [0.15, 0.2) is 23.5 Å². The van der Waals surface area contributed by atoms with Crippen molar-refractivity contribution in [3.8, 4) is 17.3 Å². The molecule has 0 saturated carbocycles. The molecule has 4 bridgehead atoms. The van der Waals surface area contributed by atoms with Gasteiger partial charge in [0.1, 0.15) is 41.9 Å². The molecule has 2 aromatic carbocycles. The Bertz CT molecular complexity index is 1860. The minimum Gasteiger partial charge on any atom is -0.469 e. The van der Waals surface area contributed by atoms with Crippen molar-refractivity contribution in [2.24, 2.45) is 17.8 Å². The Kier molecular flexibility index (Phi) is 7.62. The minimum absolute atomic E-state index is 0.0865. The largest absolute Gasteiger partial charge is 0.469 e. The third-order valence-electron chi connectivity index (χ3n) is 9.29. The summed E-state index contributed by atoms with van der Waals surface area (Å²) in [6, 6.07) is 13.0. The lowest BCUT2D eigenvalue weighted by molar-refractivity contribution is -0.135. The highest BCUT2D eigenvalue weighted by molar-refractivity contribution is 5.89. The first-order chi connectivity index (χ1) is 22.6. The SMILES string of the molecule is CC(C)[C@H](O)C(=O)C[C@H]1Cc2ccc3c(c2)C2(c4ccccc4N[C@H]2O3)c2oc(nc2-c2nc(COC=O)co2)[C@H](C(C)C)NC1=O. The maximum absolute atomic E-state index is 14.0. The van der Waals surface area contributed by atoms with E-state index < -0.39 is 29.7 Å². The Labute approximate surface area is 270 Å². The highest BCUT2D eigenvalue weighted by Crippen LogP contribution is 2.59. The van der Waals surface area contributed by atoms with E-state index in [2.05, 4.69) is 15.6 Å². The lowest BCUT2D eigenvalue weighted by atomic mass is 9.72. The Morgan fingerprint density at radius 1 is 1.13 bits per heavy atom. The fourth-order valence-electron chi connectivity index (χ4n) is 6.90. The summed E-state index contributed by atoms with van der Waals surface area (Å²) in [4.78, 5) is 47.5. The smallest absolute Gasteiger partial charge is 0.293 e. The number of ketones is 1. The number of ether oxygens (including phenoxy) is 2. The van der Waals surface area contributed by atoms with Crippen molar-refractivity contribution in [1.29, 1.82) is 0 Å². The van der Waals surface area contributed by atoms with Gasteiger partial charge in [0.2, 0.25) is 17.7 Å². The fraction of sp³-hybridized carbons (Fsp3) is 0.400. The van der Waals surface area contributed by atoms with Crippen molar-refractivity contribution in [1.82, 2.24) is 15.3 Å². The monoisotopic (exact) mass is 640 g/mol. The van der Waals surface area contributed by atoms with E-state index in [-0.39, 0.29) is 54.8 Å². The van der Waals surface area contributed by atoms with E-state index in [4.69, 9.17) is 23.3 Å². The summed E-state index contributed by atoms with van der Waals surface area (Å²) < 4.78 is 24.2. The first kappa shape index (κ1) is 30.7. The molecule has 7 rings (SSSR count). The lowest BCUT2D eigenvalue weighted by Crippen LogP contribution is -2.41. The Morgan fingerprint density at radius 3 is 2.70 bits per heavy atom. The van der Waals surface area contributed by atoms with Crippen LogP contribution < -0.4 is 15.4 Å². The average Bonchev–Trinajstić information content (AvgIpc) is 3.82. The van der Waals surface area contributed by atoms with Crippen molar-refractivity contribution in [3.05, 3.63) is 82.8 Å². The van der Waals surface area contributed by atoms with Crippen LogP contribution in [0.4, 0.5) is 5.69 Å². The molecule has 1 spiro atoms. The van der Waals surface area contributed by atoms with Crippen LogP contribution in [-0.4, -0.2) is 45.6 Å². The summed E-state index contributed by atoms with van der Waals surface area (Å²) in [5.74, 6) is -0.528. The number of nitrogens with zero attached hydrogens (tertiary/aromatic N) is 2. The van der Waals surface area contributed by atoms with Crippen LogP contribution in [0.5, 0.6) is 5.75 Å². The van der Waals surface area contributed by atoms with Gasteiger partial charge in [0.25, 0.3) is 6.47 Å². The number of para-hydroxylation sites is 1. The number of hydrogen-bond acceptors (Lipinski definition) is 11. The van der Waals surface area contributed by atoms with E-state index >= 15 is 0 Å². The van der Waals surface area contributed by atoms with Crippen LogP contribution in [-0.2, 0) is 37.6 Å². The zero-order valence-electron chi connectivity index (χ0n) is 26.5. The van der Waals surface area contributed by atoms with E-state index in [0.717, 1.165) is 22.4 Å². The van der Waals surface area contributed by atoms with Crippen molar-refractivity contribution < 1.29 is 37.8 Å². The number of carbonyl (C=O) groups is 3. The van der Waals surface area contributed by atoms with Crippen LogP contribution in [0.3, 0.4) is 0 Å². The van der Waals surface area contributed by atoms with Gasteiger partial charge >= 0.3 is 0 Å². The highest BCUT2D eigenvalue weighted by atomic mass is 16.5. The Hall–Kier alpha value is -4.97. The molecule has 4 aromatic rings. The Balaban J connectivity index is 1.46. The third-order valence-corrected chi connectivity index (χ3v) is 9.29. The molecule has 3 aliphatic rings. The number of anilines is 1. The number of fused-ring (bicyclic) bond motifs is 4. The summed E-state index contributed by atoms with van der Waals surface area (Å²) in [5.41, 5.74) is 3.03. The molecule has 47 heavy (non-hydrogen) atoms. The van der Waals surface area contributed by atoms with E-state index in [1.165, 1.54) is 6.26 Å². The zero-order chi connectivity index (χ0) is 33.0.